The van der Waals surface area contributed by atoms with Crippen molar-refractivity contribution < 1.29 is 19.1 Å². The highest BCUT2D eigenvalue weighted by atomic mass is 32.1. The lowest BCUT2D eigenvalue weighted by Gasteiger charge is -2.22. The second kappa shape index (κ2) is 10.6. The average Bonchev–Trinajstić information content (AvgIpc) is 3.27. The predicted molar refractivity (Wildman–Crippen MR) is 128 cm³/mol. The zero-order chi connectivity index (χ0) is 23.1. The molecule has 0 N–H and O–H groups in total. The molecule has 0 saturated heterocycles. The lowest BCUT2D eigenvalue weighted by molar-refractivity contribution is -0.155. The molecule has 0 aliphatic heterocycles. The van der Waals surface area contributed by atoms with Gasteiger partial charge in [-0.2, -0.15) is 0 Å². The molecule has 5 nitrogen and oxygen atoms in total. The highest BCUT2D eigenvalue weighted by molar-refractivity contribution is 7.13. The molecule has 3 aromatic rings. The minimum absolute atomic E-state index is 0.0212. The van der Waals surface area contributed by atoms with Gasteiger partial charge in [-0.25, -0.2) is 0 Å². The molecule has 1 heterocycles. The summed E-state index contributed by atoms with van der Waals surface area (Å²) in [5, 5.41) is 2.00. The summed E-state index contributed by atoms with van der Waals surface area (Å²) in [5.74, 6) is 0.429. The van der Waals surface area contributed by atoms with Crippen LogP contribution >= 0.6 is 11.3 Å². The third-order valence-electron chi connectivity index (χ3n) is 4.61. The van der Waals surface area contributed by atoms with Crippen molar-refractivity contribution in [1.29, 1.82) is 0 Å². The van der Waals surface area contributed by atoms with Crippen LogP contribution in [0, 0.1) is 0 Å². The Kier molecular flexibility index (Phi) is 7.83. The number of hydrogen-bond donors (Lipinski definition) is 0. The summed E-state index contributed by atoms with van der Waals surface area (Å²) >= 11 is 1.60. The topological polar surface area (TPSA) is 55.8 Å². The SMILES string of the molecule is CN(CCOc1ccc(C(=O)c2ccccc2)cc1-c1cccs1)CC(=O)OC(C)(C)C. The highest BCUT2D eigenvalue weighted by Gasteiger charge is 2.18. The van der Waals surface area contributed by atoms with Crippen LogP contribution < -0.4 is 4.74 Å². The summed E-state index contributed by atoms with van der Waals surface area (Å²) in [5.41, 5.74) is 1.66. The van der Waals surface area contributed by atoms with E-state index >= 15 is 0 Å². The summed E-state index contributed by atoms with van der Waals surface area (Å²) in [6.45, 7) is 6.73. The van der Waals surface area contributed by atoms with Crippen LogP contribution in [0.15, 0.2) is 66.0 Å². The monoisotopic (exact) mass is 451 g/mol. The molecule has 6 heteroatoms. The third kappa shape index (κ3) is 6.77. The molecule has 2 aromatic carbocycles. The Balaban J connectivity index is 1.69. The molecule has 0 saturated carbocycles. The quantitative estimate of drug-likeness (QED) is 0.326. The minimum atomic E-state index is -0.497. The molecule has 0 aliphatic carbocycles. The Morgan fingerprint density at radius 2 is 1.72 bits per heavy atom. The number of carbonyl (C=O) groups is 2. The zero-order valence-corrected chi connectivity index (χ0v) is 19.8. The smallest absolute Gasteiger partial charge is 0.320 e. The van der Waals surface area contributed by atoms with E-state index in [0.717, 1.165) is 10.4 Å². The van der Waals surface area contributed by atoms with Crippen molar-refractivity contribution in [2.75, 3.05) is 26.7 Å². The van der Waals surface area contributed by atoms with Crippen LogP contribution in [0.2, 0.25) is 0 Å². The fraction of sp³-hybridized carbons (Fsp3) is 0.308. The molecule has 168 valence electrons. The van der Waals surface area contributed by atoms with Crippen LogP contribution in [0.4, 0.5) is 0 Å². The van der Waals surface area contributed by atoms with Gasteiger partial charge in [-0.3, -0.25) is 14.5 Å². The van der Waals surface area contributed by atoms with E-state index in [1.807, 2.05) is 92.7 Å². The maximum atomic E-state index is 12.9. The van der Waals surface area contributed by atoms with E-state index < -0.39 is 5.60 Å². The Bertz CT molecular complexity index is 1040. The molecule has 1 aromatic heterocycles. The van der Waals surface area contributed by atoms with Gasteiger partial charge >= 0.3 is 5.97 Å². The van der Waals surface area contributed by atoms with E-state index in [9.17, 15) is 9.59 Å². The number of esters is 1. The first-order valence-corrected chi connectivity index (χ1v) is 11.4. The Labute approximate surface area is 193 Å². The number of ether oxygens (including phenoxy) is 2. The van der Waals surface area contributed by atoms with Crippen molar-refractivity contribution in [2.45, 2.75) is 26.4 Å². The summed E-state index contributed by atoms with van der Waals surface area (Å²) in [7, 11) is 1.86. The number of ketones is 1. The van der Waals surface area contributed by atoms with Crippen LogP contribution in [0.5, 0.6) is 5.75 Å². The van der Waals surface area contributed by atoms with Crippen LogP contribution in [-0.4, -0.2) is 49.0 Å². The van der Waals surface area contributed by atoms with Gasteiger partial charge in [0.2, 0.25) is 0 Å². The molecule has 0 fully saturated rings. The van der Waals surface area contributed by atoms with E-state index in [1.54, 1.807) is 17.4 Å². The normalized spacial score (nSPS) is 11.4. The molecule has 3 rings (SSSR count). The molecule has 0 aliphatic rings. The second-order valence-electron chi connectivity index (χ2n) is 8.56. The van der Waals surface area contributed by atoms with Crippen LogP contribution in [0.1, 0.15) is 36.7 Å². The average molecular weight is 452 g/mol. The minimum Gasteiger partial charge on any atom is -0.492 e. The fourth-order valence-corrected chi connectivity index (χ4v) is 3.91. The van der Waals surface area contributed by atoms with Crippen molar-refractivity contribution in [3.8, 4) is 16.2 Å². The number of rotatable bonds is 9. The fourth-order valence-electron chi connectivity index (χ4n) is 3.16. The third-order valence-corrected chi connectivity index (χ3v) is 5.52. The first-order valence-electron chi connectivity index (χ1n) is 10.5. The molecule has 0 amide bonds. The van der Waals surface area contributed by atoms with Crippen molar-refractivity contribution >= 4 is 23.1 Å². The number of hydrogen-bond acceptors (Lipinski definition) is 6. The molecule has 32 heavy (non-hydrogen) atoms. The standard InChI is InChI=1S/C26H29NO4S/c1-26(2,3)31-24(28)18-27(4)14-15-30-22-13-12-20(17-21(22)23-11-8-16-32-23)25(29)19-9-6-5-7-10-19/h5-13,16-17H,14-15,18H2,1-4H3. The van der Waals surface area contributed by atoms with Gasteiger partial charge in [0.05, 0.1) is 6.54 Å². The van der Waals surface area contributed by atoms with Gasteiger partial charge in [0.25, 0.3) is 0 Å². The first kappa shape index (κ1) is 23.7. The summed E-state index contributed by atoms with van der Waals surface area (Å²) in [4.78, 5) is 27.8. The number of benzene rings is 2. The largest absolute Gasteiger partial charge is 0.492 e. The Hall–Kier alpha value is -2.96. The Morgan fingerprint density at radius 3 is 2.38 bits per heavy atom. The van der Waals surface area contributed by atoms with E-state index in [4.69, 9.17) is 9.47 Å². The van der Waals surface area contributed by atoms with Crippen LogP contribution in [-0.2, 0) is 9.53 Å². The molecule has 0 bridgehead atoms. The van der Waals surface area contributed by atoms with Crippen LogP contribution in [0.3, 0.4) is 0 Å². The molecule has 0 unspecified atom stereocenters. The van der Waals surface area contributed by atoms with Gasteiger partial charge in [-0.1, -0.05) is 36.4 Å². The number of likely N-dealkylation sites (N-methyl/N-ethyl adjacent to an activating group) is 1. The lowest BCUT2D eigenvalue weighted by atomic mass is 10.0. The number of nitrogens with zero attached hydrogens (tertiary/aromatic N) is 1. The summed E-state index contributed by atoms with van der Waals surface area (Å²) in [6, 6.07) is 18.8. The van der Waals surface area contributed by atoms with Gasteiger partial charge in [0.15, 0.2) is 5.78 Å². The molecule has 0 atom stereocenters. The predicted octanol–water partition coefficient (Wildman–Crippen LogP) is 5.30. The molecule has 0 radical (unpaired) electrons. The van der Waals surface area contributed by atoms with Crippen LogP contribution in [0.25, 0.3) is 10.4 Å². The first-order chi connectivity index (χ1) is 15.2. The number of thiophene rings is 1. The van der Waals surface area contributed by atoms with E-state index in [1.165, 1.54) is 0 Å². The lowest BCUT2D eigenvalue weighted by Crippen LogP contribution is -2.34. The Morgan fingerprint density at radius 1 is 0.969 bits per heavy atom. The second-order valence-corrected chi connectivity index (χ2v) is 9.50. The summed E-state index contributed by atoms with van der Waals surface area (Å²) in [6.07, 6.45) is 0. The maximum Gasteiger partial charge on any atom is 0.320 e. The van der Waals surface area contributed by atoms with Gasteiger partial charge in [-0.05, 0) is 57.5 Å². The molecular formula is C26H29NO4S. The van der Waals surface area contributed by atoms with Crippen molar-refractivity contribution in [1.82, 2.24) is 4.90 Å². The molecule has 0 spiro atoms. The van der Waals surface area contributed by atoms with Gasteiger partial charge in [0.1, 0.15) is 18.0 Å². The van der Waals surface area contributed by atoms with Crippen molar-refractivity contribution in [2.24, 2.45) is 0 Å². The van der Waals surface area contributed by atoms with Gasteiger partial charge in [0, 0.05) is 28.1 Å². The van der Waals surface area contributed by atoms with E-state index in [0.29, 0.717) is 30.0 Å². The van der Waals surface area contributed by atoms with Crippen molar-refractivity contribution in [3.63, 3.8) is 0 Å². The van der Waals surface area contributed by atoms with Crippen molar-refractivity contribution in [3.05, 3.63) is 77.2 Å². The van der Waals surface area contributed by atoms with E-state index in [-0.39, 0.29) is 18.3 Å². The van der Waals surface area contributed by atoms with Gasteiger partial charge < -0.3 is 9.47 Å². The summed E-state index contributed by atoms with van der Waals surface area (Å²) < 4.78 is 11.4. The van der Waals surface area contributed by atoms with E-state index in [2.05, 4.69) is 0 Å². The zero-order valence-electron chi connectivity index (χ0n) is 19.0. The molecular weight excluding hydrogens is 422 g/mol. The highest BCUT2D eigenvalue weighted by Crippen LogP contribution is 2.34. The van der Waals surface area contributed by atoms with Gasteiger partial charge in [-0.15, -0.1) is 11.3 Å². The maximum absolute atomic E-state index is 12.9. The number of carbonyl (C=O) groups excluding carboxylic acids is 2.